The molecule has 0 spiro atoms. The smallest absolute Gasteiger partial charge is 0.319 e. The van der Waals surface area contributed by atoms with Crippen LogP contribution >= 0.6 is 0 Å². The minimum absolute atomic E-state index is 0.238. The molecule has 0 aliphatic heterocycles. The van der Waals surface area contributed by atoms with Crippen molar-refractivity contribution in [1.82, 2.24) is 5.32 Å². The molecule has 0 aliphatic rings. The fraction of sp³-hybridized carbons (Fsp3) is 0.133. The molecule has 0 saturated heterocycles. The van der Waals surface area contributed by atoms with Crippen molar-refractivity contribution in [2.75, 3.05) is 11.1 Å². The molecule has 0 unspecified atom stereocenters. The summed E-state index contributed by atoms with van der Waals surface area (Å²) in [4.78, 5) is 11.8. The van der Waals surface area contributed by atoms with Gasteiger partial charge in [-0.1, -0.05) is 36.4 Å². The summed E-state index contributed by atoms with van der Waals surface area (Å²) in [6.07, 6.45) is 0. The maximum absolute atomic E-state index is 11.8. The van der Waals surface area contributed by atoms with Gasteiger partial charge in [-0.05, 0) is 30.2 Å². The Labute approximate surface area is 112 Å². The number of nitrogens with one attached hydrogen (secondary N) is 2. The zero-order valence-corrected chi connectivity index (χ0v) is 10.8. The fourth-order valence-electron chi connectivity index (χ4n) is 1.73. The van der Waals surface area contributed by atoms with Gasteiger partial charge in [0.05, 0.1) is 0 Å². The summed E-state index contributed by atoms with van der Waals surface area (Å²) in [6.45, 7) is 2.37. The summed E-state index contributed by atoms with van der Waals surface area (Å²) in [5, 5.41) is 5.59. The van der Waals surface area contributed by atoms with E-state index < -0.39 is 0 Å². The van der Waals surface area contributed by atoms with Gasteiger partial charge in [0.25, 0.3) is 0 Å². The predicted octanol–water partition coefficient (Wildman–Crippen LogP) is 2.90. The van der Waals surface area contributed by atoms with Gasteiger partial charge in [-0.3, -0.25) is 0 Å². The van der Waals surface area contributed by atoms with Crippen LogP contribution in [-0.2, 0) is 6.54 Å². The number of hydrogen-bond donors (Lipinski definition) is 3. The van der Waals surface area contributed by atoms with E-state index >= 15 is 0 Å². The van der Waals surface area contributed by atoms with Crippen LogP contribution in [-0.4, -0.2) is 6.03 Å². The molecule has 98 valence electrons. The van der Waals surface area contributed by atoms with Crippen LogP contribution in [0.5, 0.6) is 0 Å². The number of nitrogens with two attached hydrogens (primary N) is 1. The highest BCUT2D eigenvalue weighted by Crippen LogP contribution is 2.20. The molecular formula is C15H17N3O. The Morgan fingerprint density at radius 1 is 1.11 bits per heavy atom. The fourth-order valence-corrected chi connectivity index (χ4v) is 1.73. The van der Waals surface area contributed by atoms with E-state index in [2.05, 4.69) is 10.6 Å². The van der Waals surface area contributed by atoms with Crippen molar-refractivity contribution in [3.63, 3.8) is 0 Å². The number of rotatable bonds is 3. The number of urea groups is 1. The van der Waals surface area contributed by atoms with Crippen LogP contribution in [0.15, 0.2) is 48.5 Å². The first-order chi connectivity index (χ1) is 9.16. The highest BCUT2D eigenvalue weighted by atomic mass is 16.2. The van der Waals surface area contributed by atoms with Crippen LogP contribution in [0.3, 0.4) is 0 Å². The lowest BCUT2D eigenvalue weighted by Crippen LogP contribution is -2.28. The quantitative estimate of drug-likeness (QED) is 0.738. The molecule has 4 N–H and O–H groups in total. The Morgan fingerprint density at radius 3 is 2.58 bits per heavy atom. The lowest BCUT2D eigenvalue weighted by atomic mass is 10.1. The van der Waals surface area contributed by atoms with Gasteiger partial charge in [-0.2, -0.15) is 0 Å². The summed E-state index contributed by atoms with van der Waals surface area (Å²) in [5.74, 6) is 0. The number of amides is 2. The molecule has 0 radical (unpaired) electrons. The number of hydrogen-bond acceptors (Lipinski definition) is 2. The van der Waals surface area contributed by atoms with Crippen LogP contribution in [0, 0.1) is 6.92 Å². The van der Waals surface area contributed by atoms with Crippen molar-refractivity contribution < 1.29 is 4.79 Å². The average Bonchev–Trinajstić information content (AvgIpc) is 2.43. The lowest BCUT2D eigenvalue weighted by molar-refractivity contribution is 0.251. The van der Waals surface area contributed by atoms with Crippen molar-refractivity contribution >= 4 is 17.4 Å². The van der Waals surface area contributed by atoms with Crippen molar-refractivity contribution in [3.05, 3.63) is 59.7 Å². The molecule has 2 aromatic rings. The number of carbonyl (C=O) groups excluding carboxylic acids is 1. The molecule has 2 amide bonds. The summed E-state index contributed by atoms with van der Waals surface area (Å²) in [6, 6.07) is 15.0. The SMILES string of the molecule is Cc1c(N)cccc1NC(=O)NCc1ccccc1. The van der Waals surface area contributed by atoms with Crippen molar-refractivity contribution in [3.8, 4) is 0 Å². The molecule has 4 nitrogen and oxygen atoms in total. The van der Waals surface area contributed by atoms with Gasteiger partial charge in [0.2, 0.25) is 0 Å². The lowest BCUT2D eigenvalue weighted by Gasteiger charge is -2.11. The monoisotopic (exact) mass is 255 g/mol. The number of anilines is 2. The minimum Gasteiger partial charge on any atom is -0.398 e. The minimum atomic E-state index is -0.238. The molecule has 0 aromatic heterocycles. The van der Waals surface area contributed by atoms with E-state index in [9.17, 15) is 4.79 Å². The molecule has 19 heavy (non-hydrogen) atoms. The molecule has 0 atom stereocenters. The molecule has 0 fully saturated rings. The molecule has 4 heteroatoms. The van der Waals surface area contributed by atoms with Crippen LogP contribution < -0.4 is 16.4 Å². The van der Waals surface area contributed by atoms with Gasteiger partial charge < -0.3 is 16.4 Å². The maximum atomic E-state index is 11.8. The third-order valence-electron chi connectivity index (χ3n) is 2.92. The van der Waals surface area contributed by atoms with Gasteiger partial charge in [-0.15, -0.1) is 0 Å². The number of nitrogen functional groups attached to an aromatic ring is 1. The number of benzene rings is 2. The van der Waals surface area contributed by atoms with Crippen molar-refractivity contribution in [1.29, 1.82) is 0 Å². The first kappa shape index (κ1) is 13.0. The Kier molecular flexibility index (Phi) is 4.03. The molecule has 0 heterocycles. The molecule has 2 aromatic carbocycles. The summed E-state index contributed by atoms with van der Waals surface area (Å²) in [5.41, 5.74) is 9.11. The van der Waals surface area contributed by atoms with E-state index in [4.69, 9.17) is 5.73 Å². The van der Waals surface area contributed by atoms with Gasteiger partial charge in [0.15, 0.2) is 0 Å². The Balaban J connectivity index is 1.93. The molecule has 0 aliphatic carbocycles. The summed E-state index contributed by atoms with van der Waals surface area (Å²) in [7, 11) is 0. The third-order valence-corrected chi connectivity index (χ3v) is 2.92. The number of carbonyl (C=O) groups is 1. The van der Waals surface area contributed by atoms with E-state index in [-0.39, 0.29) is 6.03 Å². The second-order valence-electron chi connectivity index (χ2n) is 4.31. The van der Waals surface area contributed by atoms with Gasteiger partial charge in [-0.25, -0.2) is 4.79 Å². The highest BCUT2D eigenvalue weighted by Gasteiger charge is 2.05. The van der Waals surface area contributed by atoms with E-state index in [0.717, 1.165) is 16.8 Å². The van der Waals surface area contributed by atoms with Crippen LogP contribution in [0.2, 0.25) is 0 Å². The predicted molar refractivity (Wildman–Crippen MR) is 77.9 cm³/mol. The standard InChI is InChI=1S/C15H17N3O/c1-11-13(16)8-5-9-14(11)18-15(19)17-10-12-6-3-2-4-7-12/h2-9H,10,16H2,1H3,(H2,17,18,19). The maximum Gasteiger partial charge on any atom is 0.319 e. The second-order valence-corrected chi connectivity index (χ2v) is 4.31. The normalized spacial score (nSPS) is 9.95. The Hall–Kier alpha value is -2.49. The van der Waals surface area contributed by atoms with Crippen LogP contribution in [0.25, 0.3) is 0 Å². The molecular weight excluding hydrogens is 238 g/mol. The zero-order valence-electron chi connectivity index (χ0n) is 10.8. The van der Waals surface area contributed by atoms with Crippen LogP contribution in [0.4, 0.5) is 16.2 Å². The molecule has 0 saturated carbocycles. The first-order valence-electron chi connectivity index (χ1n) is 6.10. The van der Waals surface area contributed by atoms with Crippen LogP contribution in [0.1, 0.15) is 11.1 Å². The average molecular weight is 255 g/mol. The van der Waals surface area contributed by atoms with Gasteiger partial charge in [0, 0.05) is 17.9 Å². The summed E-state index contributed by atoms with van der Waals surface area (Å²) < 4.78 is 0. The topological polar surface area (TPSA) is 67.1 Å². The molecule has 2 rings (SSSR count). The van der Waals surface area contributed by atoms with Gasteiger partial charge in [0.1, 0.15) is 0 Å². The Bertz CT molecular complexity index is 567. The summed E-state index contributed by atoms with van der Waals surface area (Å²) >= 11 is 0. The highest BCUT2D eigenvalue weighted by molar-refractivity contribution is 5.90. The van der Waals surface area contributed by atoms with E-state index in [1.54, 1.807) is 0 Å². The first-order valence-corrected chi connectivity index (χ1v) is 6.10. The van der Waals surface area contributed by atoms with Crippen molar-refractivity contribution in [2.45, 2.75) is 13.5 Å². The zero-order chi connectivity index (χ0) is 13.7. The van der Waals surface area contributed by atoms with E-state index in [0.29, 0.717) is 12.2 Å². The van der Waals surface area contributed by atoms with Gasteiger partial charge >= 0.3 is 6.03 Å². The molecule has 0 bridgehead atoms. The van der Waals surface area contributed by atoms with E-state index in [1.807, 2.05) is 55.5 Å². The second kappa shape index (κ2) is 5.91. The largest absolute Gasteiger partial charge is 0.398 e. The Morgan fingerprint density at radius 2 is 1.84 bits per heavy atom. The third kappa shape index (κ3) is 3.48. The van der Waals surface area contributed by atoms with E-state index in [1.165, 1.54) is 0 Å². The van der Waals surface area contributed by atoms with Crippen molar-refractivity contribution in [2.24, 2.45) is 0 Å².